The van der Waals surface area contributed by atoms with E-state index in [1.54, 1.807) is 13.0 Å². The van der Waals surface area contributed by atoms with Gasteiger partial charge in [-0.2, -0.15) is 0 Å². The number of carbonyl (C=O) groups excluding carboxylic acids is 1. The molecule has 3 aromatic rings. The van der Waals surface area contributed by atoms with Crippen LogP contribution in [0, 0.1) is 6.92 Å². The van der Waals surface area contributed by atoms with Gasteiger partial charge >= 0.3 is 5.97 Å². The molecule has 2 heterocycles. The Morgan fingerprint density at radius 1 is 1.41 bits per heavy atom. The van der Waals surface area contributed by atoms with Crippen LogP contribution in [-0.4, -0.2) is 16.2 Å². The van der Waals surface area contributed by atoms with Crippen LogP contribution in [0.1, 0.15) is 16.7 Å². The minimum Gasteiger partial charge on any atom is -0.452 e. The van der Waals surface area contributed by atoms with Gasteiger partial charge in [0.05, 0.1) is 5.02 Å². The number of esters is 1. The van der Waals surface area contributed by atoms with Crippen molar-refractivity contribution in [2.24, 2.45) is 0 Å². The maximum Gasteiger partial charge on any atom is 0.331 e. The van der Waals surface area contributed by atoms with E-state index in [-0.39, 0.29) is 12.5 Å². The van der Waals surface area contributed by atoms with E-state index in [1.807, 2.05) is 24.3 Å². The van der Waals surface area contributed by atoms with Crippen molar-refractivity contribution in [1.82, 2.24) is 10.2 Å². The van der Waals surface area contributed by atoms with Gasteiger partial charge in [0, 0.05) is 28.0 Å². The molecular formula is C15H11ClN2O3S. The molecule has 0 atom stereocenters. The fourth-order valence-corrected chi connectivity index (χ4v) is 3.26. The Bertz CT molecular complexity index is 853. The monoisotopic (exact) mass is 334 g/mol. The lowest BCUT2D eigenvalue weighted by molar-refractivity contribution is -0.139. The van der Waals surface area contributed by atoms with Crippen molar-refractivity contribution in [2.45, 2.75) is 13.5 Å². The number of benzene rings is 1. The van der Waals surface area contributed by atoms with Gasteiger partial charge in [0.25, 0.3) is 5.89 Å². The summed E-state index contributed by atoms with van der Waals surface area (Å²) < 4.78 is 11.2. The predicted molar refractivity (Wildman–Crippen MR) is 84.7 cm³/mol. The summed E-state index contributed by atoms with van der Waals surface area (Å²) in [5.41, 5.74) is 0. The number of halogens is 1. The zero-order valence-corrected chi connectivity index (χ0v) is 13.1. The summed E-state index contributed by atoms with van der Waals surface area (Å²) in [4.78, 5) is 12.5. The molecule has 3 rings (SSSR count). The van der Waals surface area contributed by atoms with Crippen molar-refractivity contribution in [3.8, 4) is 0 Å². The lowest BCUT2D eigenvalue weighted by Crippen LogP contribution is -2.00. The second-order valence-corrected chi connectivity index (χ2v) is 5.89. The van der Waals surface area contributed by atoms with Gasteiger partial charge in [0.2, 0.25) is 5.89 Å². The first-order chi connectivity index (χ1) is 10.6. The summed E-state index contributed by atoms with van der Waals surface area (Å²) in [5.74, 6) is 0.196. The van der Waals surface area contributed by atoms with E-state index in [0.29, 0.717) is 10.9 Å². The summed E-state index contributed by atoms with van der Waals surface area (Å²) in [5, 5.41) is 9.01. The van der Waals surface area contributed by atoms with Crippen LogP contribution in [-0.2, 0) is 16.1 Å². The molecule has 1 aromatic carbocycles. The molecule has 0 saturated carbocycles. The van der Waals surface area contributed by atoms with Crippen LogP contribution < -0.4 is 0 Å². The Balaban J connectivity index is 1.67. The second kappa shape index (κ2) is 6.29. The molecule has 0 radical (unpaired) electrons. The fraction of sp³-hybridized carbons (Fsp3) is 0.133. The lowest BCUT2D eigenvalue weighted by Gasteiger charge is -1.96. The second-order valence-electron chi connectivity index (χ2n) is 4.43. The van der Waals surface area contributed by atoms with E-state index in [9.17, 15) is 4.79 Å². The molecular weight excluding hydrogens is 324 g/mol. The highest BCUT2D eigenvalue weighted by Crippen LogP contribution is 2.35. The first-order valence-corrected chi connectivity index (χ1v) is 7.64. The van der Waals surface area contributed by atoms with E-state index in [1.165, 1.54) is 17.4 Å². The number of thiophene rings is 1. The highest BCUT2D eigenvalue weighted by Gasteiger charge is 2.09. The molecule has 0 fully saturated rings. The van der Waals surface area contributed by atoms with E-state index in [0.717, 1.165) is 15.0 Å². The molecule has 0 aliphatic carbocycles. The van der Waals surface area contributed by atoms with Crippen LogP contribution in [0.2, 0.25) is 5.02 Å². The summed E-state index contributed by atoms with van der Waals surface area (Å²) in [6.07, 6.45) is 2.98. The van der Waals surface area contributed by atoms with Gasteiger partial charge in [-0.1, -0.05) is 29.8 Å². The topological polar surface area (TPSA) is 65.2 Å². The van der Waals surface area contributed by atoms with E-state index >= 15 is 0 Å². The van der Waals surface area contributed by atoms with Crippen molar-refractivity contribution >= 4 is 45.1 Å². The molecule has 0 amide bonds. The van der Waals surface area contributed by atoms with Gasteiger partial charge < -0.3 is 9.15 Å². The van der Waals surface area contributed by atoms with Crippen molar-refractivity contribution < 1.29 is 13.9 Å². The zero-order chi connectivity index (χ0) is 15.5. The largest absolute Gasteiger partial charge is 0.452 e. The number of carbonyl (C=O) groups is 1. The van der Waals surface area contributed by atoms with Crippen LogP contribution in [0.4, 0.5) is 0 Å². The van der Waals surface area contributed by atoms with Crippen molar-refractivity contribution in [2.75, 3.05) is 0 Å². The van der Waals surface area contributed by atoms with Crippen molar-refractivity contribution in [3.05, 3.63) is 52.0 Å². The fourth-order valence-electron chi connectivity index (χ4n) is 1.86. The Morgan fingerprint density at radius 2 is 2.23 bits per heavy atom. The smallest absolute Gasteiger partial charge is 0.331 e. The molecule has 0 N–H and O–H groups in total. The number of aryl methyl sites for hydroxylation is 1. The molecule has 0 unspecified atom stereocenters. The van der Waals surface area contributed by atoms with Crippen LogP contribution in [0.15, 0.2) is 34.8 Å². The van der Waals surface area contributed by atoms with Crippen LogP contribution in [0.25, 0.3) is 16.2 Å². The van der Waals surface area contributed by atoms with Gasteiger partial charge in [-0.25, -0.2) is 4.79 Å². The van der Waals surface area contributed by atoms with Gasteiger partial charge in [-0.3, -0.25) is 0 Å². The molecule has 0 spiro atoms. The van der Waals surface area contributed by atoms with Gasteiger partial charge in [0.15, 0.2) is 6.61 Å². The van der Waals surface area contributed by atoms with Crippen molar-refractivity contribution in [3.63, 3.8) is 0 Å². The van der Waals surface area contributed by atoms with E-state index in [4.69, 9.17) is 20.8 Å². The van der Waals surface area contributed by atoms with Gasteiger partial charge in [-0.05, 0) is 12.1 Å². The number of rotatable bonds is 4. The minimum atomic E-state index is -0.496. The quantitative estimate of drug-likeness (QED) is 0.533. The molecule has 5 nitrogen and oxygen atoms in total. The van der Waals surface area contributed by atoms with Crippen molar-refractivity contribution in [1.29, 1.82) is 0 Å². The van der Waals surface area contributed by atoms with Gasteiger partial charge in [-0.15, -0.1) is 21.5 Å². The summed E-state index contributed by atoms with van der Waals surface area (Å²) in [7, 11) is 0. The SMILES string of the molecule is Cc1nnc(COC(=O)/C=C\c2sc3ccccc3c2Cl)o1. The highest BCUT2D eigenvalue weighted by atomic mass is 35.5. The Kier molecular flexibility index (Phi) is 4.22. The maximum atomic E-state index is 11.7. The predicted octanol–water partition coefficient (Wildman–Crippen LogP) is 4.00. The summed E-state index contributed by atoms with van der Waals surface area (Å²) in [6, 6.07) is 7.81. The molecule has 0 aliphatic rings. The van der Waals surface area contributed by atoms with Crippen LogP contribution in [0.3, 0.4) is 0 Å². The van der Waals surface area contributed by atoms with E-state index < -0.39 is 5.97 Å². The Hall–Kier alpha value is -2.18. The average molecular weight is 335 g/mol. The number of aromatic nitrogens is 2. The Labute approximate surface area is 135 Å². The third kappa shape index (κ3) is 3.18. The zero-order valence-electron chi connectivity index (χ0n) is 11.6. The molecule has 0 saturated heterocycles. The average Bonchev–Trinajstić information content (AvgIpc) is 3.07. The Morgan fingerprint density at radius 3 is 2.95 bits per heavy atom. The lowest BCUT2D eigenvalue weighted by atomic mass is 10.2. The van der Waals surface area contributed by atoms with E-state index in [2.05, 4.69) is 10.2 Å². The van der Waals surface area contributed by atoms with Crippen LogP contribution in [0.5, 0.6) is 0 Å². The molecule has 7 heteroatoms. The maximum absolute atomic E-state index is 11.7. The first-order valence-electron chi connectivity index (χ1n) is 6.44. The first kappa shape index (κ1) is 14.7. The number of fused-ring (bicyclic) bond motifs is 1. The third-order valence-corrected chi connectivity index (χ3v) is 4.49. The summed E-state index contributed by atoms with van der Waals surface area (Å²) >= 11 is 7.81. The number of ether oxygens (including phenoxy) is 1. The number of hydrogen-bond acceptors (Lipinski definition) is 6. The number of nitrogens with zero attached hydrogens (tertiary/aromatic N) is 2. The normalized spacial score (nSPS) is 11.4. The molecule has 0 aliphatic heterocycles. The molecule has 22 heavy (non-hydrogen) atoms. The highest BCUT2D eigenvalue weighted by molar-refractivity contribution is 7.20. The molecule has 0 bridgehead atoms. The standard InChI is InChI=1S/C15H11ClN2O3S/c1-9-17-18-13(21-9)8-20-14(19)7-6-12-15(16)10-4-2-3-5-11(10)22-12/h2-7H,8H2,1H3/b7-6-. The van der Waals surface area contributed by atoms with Crippen LogP contribution >= 0.6 is 22.9 Å². The number of hydrogen-bond donors (Lipinski definition) is 0. The minimum absolute atomic E-state index is 0.0514. The third-order valence-electron chi connectivity index (χ3n) is 2.84. The summed E-state index contributed by atoms with van der Waals surface area (Å²) in [6.45, 7) is 1.62. The molecule has 112 valence electrons. The van der Waals surface area contributed by atoms with Gasteiger partial charge in [0.1, 0.15) is 0 Å². The molecule has 2 aromatic heterocycles.